The maximum atomic E-state index is 11.6. The van der Waals surface area contributed by atoms with Gasteiger partial charge in [0.25, 0.3) is 0 Å². The largest absolute Gasteiger partial charge is 0.399 e. The van der Waals surface area contributed by atoms with Crippen LogP contribution in [0.3, 0.4) is 0 Å². The van der Waals surface area contributed by atoms with Gasteiger partial charge in [0.2, 0.25) is 0 Å². The highest BCUT2D eigenvalue weighted by Gasteiger charge is 2.38. The molecule has 0 aliphatic heterocycles. The fraction of sp³-hybridized carbons (Fsp3) is 0.538. The van der Waals surface area contributed by atoms with Gasteiger partial charge in [-0.05, 0) is 30.5 Å². The van der Waals surface area contributed by atoms with Crippen molar-refractivity contribution in [2.45, 2.75) is 31.1 Å². The molecule has 1 aromatic carbocycles. The molecule has 0 spiro atoms. The van der Waals surface area contributed by atoms with E-state index < -0.39 is 9.84 Å². The number of hydrogen-bond acceptors (Lipinski definition) is 3. The minimum absolute atomic E-state index is 0.205. The van der Waals surface area contributed by atoms with E-state index in [0.717, 1.165) is 31.2 Å². The summed E-state index contributed by atoms with van der Waals surface area (Å²) in [7, 11) is -2.97. The number of nitrogens with two attached hydrogens (primary N) is 1. The molecule has 4 heteroatoms. The van der Waals surface area contributed by atoms with Gasteiger partial charge in [-0.1, -0.05) is 25.0 Å². The molecule has 2 rings (SSSR count). The van der Waals surface area contributed by atoms with Gasteiger partial charge >= 0.3 is 0 Å². The Morgan fingerprint density at radius 1 is 1.29 bits per heavy atom. The lowest BCUT2D eigenvalue weighted by molar-refractivity contribution is 0.483. The van der Waals surface area contributed by atoms with Crippen LogP contribution in [0.15, 0.2) is 24.3 Å². The van der Waals surface area contributed by atoms with E-state index in [1.165, 1.54) is 6.26 Å². The smallest absolute Gasteiger partial charge is 0.148 e. The van der Waals surface area contributed by atoms with Gasteiger partial charge in [-0.2, -0.15) is 0 Å². The molecular formula is C13H19NO2S. The number of rotatable bonds is 3. The highest BCUT2D eigenvalue weighted by Crippen LogP contribution is 2.42. The highest BCUT2D eigenvalue weighted by atomic mass is 32.2. The van der Waals surface area contributed by atoms with Crippen molar-refractivity contribution in [2.24, 2.45) is 0 Å². The average molecular weight is 253 g/mol. The fourth-order valence-electron chi connectivity index (χ4n) is 2.94. The van der Waals surface area contributed by atoms with Crippen molar-refractivity contribution in [3.63, 3.8) is 0 Å². The lowest BCUT2D eigenvalue weighted by Gasteiger charge is -2.29. The van der Waals surface area contributed by atoms with E-state index in [1.54, 1.807) is 0 Å². The van der Waals surface area contributed by atoms with Gasteiger partial charge in [-0.25, -0.2) is 8.42 Å². The molecule has 94 valence electrons. The van der Waals surface area contributed by atoms with E-state index in [9.17, 15) is 8.42 Å². The van der Waals surface area contributed by atoms with Gasteiger partial charge in [0.1, 0.15) is 9.84 Å². The normalized spacial score (nSPS) is 19.4. The summed E-state index contributed by atoms with van der Waals surface area (Å²) in [6.07, 6.45) is 5.42. The summed E-state index contributed by atoms with van der Waals surface area (Å²) in [5, 5.41) is 0. The Morgan fingerprint density at radius 3 is 2.47 bits per heavy atom. The molecule has 0 heterocycles. The monoisotopic (exact) mass is 253 g/mol. The van der Waals surface area contributed by atoms with Gasteiger partial charge in [0, 0.05) is 17.4 Å². The molecular weight excluding hydrogens is 234 g/mol. The van der Waals surface area contributed by atoms with Crippen molar-refractivity contribution < 1.29 is 8.42 Å². The van der Waals surface area contributed by atoms with E-state index in [-0.39, 0.29) is 11.2 Å². The molecule has 0 saturated heterocycles. The van der Waals surface area contributed by atoms with Crippen LogP contribution in [0.1, 0.15) is 31.2 Å². The maximum Gasteiger partial charge on any atom is 0.148 e. The highest BCUT2D eigenvalue weighted by molar-refractivity contribution is 7.90. The minimum atomic E-state index is -2.97. The molecule has 1 fully saturated rings. The van der Waals surface area contributed by atoms with E-state index in [2.05, 4.69) is 0 Å². The first kappa shape index (κ1) is 12.4. The van der Waals surface area contributed by atoms with Crippen LogP contribution in [0.4, 0.5) is 5.69 Å². The number of hydrogen-bond donors (Lipinski definition) is 1. The number of nitrogen functional groups attached to an aromatic ring is 1. The van der Waals surface area contributed by atoms with Crippen LogP contribution >= 0.6 is 0 Å². The van der Waals surface area contributed by atoms with Crippen molar-refractivity contribution in [2.75, 3.05) is 17.7 Å². The van der Waals surface area contributed by atoms with E-state index >= 15 is 0 Å². The quantitative estimate of drug-likeness (QED) is 0.839. The van der Waals surface area contributed by atoms with Crippen LogP contribution in [0.5, 0.6) is 0 Å². The molecule has 0 aromatic heterocycles. The molecule has 0 atom stereocenters. The van der Waals surface area contributed by atoms with Crippen LogP contribution in [0.2, 0.25) is 0 Å². The average Bonchev–Trinajstić information content (AvgIpc) is 2.65. The van der Waals surface area contributed by atoms with Crippen LogP contribution in [-0.2, 0) is 15.3 Å². The second-order valence-corrected chi connectivity index (χ2v) is 7.32. The lowest BCUT2D eigenvalue weighted by Crippen LogP contribution is -2.31. The van der Waals surface area contributed by atoms with Crippen LogP contribution in [-0.4, -0.2) is 20.4 Å². The summed E-state index contributed by atoms with van der Waals surface area (Å²) in [5.41, 5.74) is 7.39. The summed E-state index contributed by atoms with van der Waals surface area (Å²) < 4.78 is 23.2. The zero-order chi connectivity index (χ0) is 12.5. The second-order valence-electron chi connectivity index (χ2n) is 5.18. The van der Waals surface area contributed by atoms with Crippen molar-refractivity contribution in [3.05, 3.63) is 29.8 Å². The Morgan fingerprint density at radius 2 is 1.94 bits per heavy atom. The molecule has 0 amide bonds. The zero-order valence-electron chi connectivity index (χ0n) is 10.1. The Kier molecular flexibility index (Phi) is 3.17. The van der Waals surface area contributed by atoms with Crippen molar-refractivity contribution >= 4 is 15.5 Å². The van der Waals surface area contributed by atoms with Gasteiger partial charge < -0.3 is 5.73 Å². The van der Waals surface area contributed by atoms with Gasteiger partial charge in [0.05, 0.1) is 5.75 Å². The first-order valence-corrected chi connectivity index (χ1v) is 8.01. The number of sulfone groups is 1. The zero-order valence-corrected chi connectivity index (χ0v) is 11.0. The van der Waals surface area contributed by atoms with E-state index in [0.29, 0.717) is 5.69 Å². The number of benzene rings is 1. The van der Waals surface area contributed by atoms with Crippen LogP contribution in [0.25, 0.3) is 0 Å². The Bertz CT molecular complexity index is 502. The molecule has 1 saturated carbocycles. The van der Waals surface area contributed by atoms with Gasteiger partial charge in [-0.3, -0.25) is 0 Å². The molecule has 1 aliphatic rings. The van der Waals surface area contributed by atoms with Gasteiger partial charge in [-0.15, -0.1) is 0 Å². The third kappa shape index (κ3) is 2.80. The van der Waals surface area contributed by atoms with Gasteiger partial charge in [0.15, 0.2) is 0 Å². The van der Waals surface area contributed by atoms with Crippen LogP contribution in [0, 0.1) is 0 Å². The summed E-state index contributed by atoms with van der Waals surface area (Å²) in [6, 6.07) is 7.68. The minimum Gasteiger partial charge on any atom is -0.399 e. The molecule has 0 unspecified atom stereocenters. The third-order valence-electron chi connectivity index (χ3n) is 3.60. The lowest BCUT2D eigenvalue weighted by atomic mass is 9.80. The molecule has 1 aliphatic carbocycles. The van der Waals surface area contributed by atoms with Crippen molar-refractivity contribution in [3.8, 4) is 0 Å². The van der Waals surface area contributed by atoms with E-state index in [1.807, 2.05) is 24.3 Å². The Balaban J connectivity index is 2.41. The third-order valence-corrected chi connectivity index (χ3v) is 4.68. The molecule has 3 nitrogen and oxygen atoms in total. The number of anilines is 1. The predicted molar refractivity (Wildman–Crippen MR) is 70.7 cm³/mol. The topological polar surface area (TPSA) is 60.2 Å². The summed E-state index contributed by atoms with van der Waals surface area (Å²) in [4.78, 5) is 0. The fourth-order valence-corrected chi connectivity index (χ4v) is 4.40. The molecule has 0 bridgehead atoms. The summed E-state index contributed by atoms with van der Waals surface area (Å²) >= 11 is 0. The van der Waals surface area contributed by atoms with Crippen molar-refractivity contribution in [1.82, 2.24) is 0 Å². The summed E-state index contributed by atoms with van der Waals surface area (Å²) in [6.45, 7) is 0. The van der Waals surface area contributed by atoms with Crippen molar-refractivity contribution in [1.29, 1.82) is 0 Å². The van der Waals surface area contributed by atoms with E-state index in [4.69, 9.17) is 5.73 Å². The standard InChI is InChI=1S/C13H19NO2S/c1-17(15,16)10-13(7-2-3-8-13)11-5-4-6-12(14)9-11/h4-6,9H,2-3,7-8,10,14H2,1H3. The molecule has 1 aromatic rings. The van der Waals surface area contributed by atoms with Crippen LogP contribution < -0.4 is 5.73 Å². The maximum absolute atomic E-state index is 11.6. The Labute approximate surface area is 103 Å². The molecule has 17 heavy (non-hydrogen) atoms. The second kappa shape index (κ2) is 4.33. The first-order valence-electron chi connectivity index (χ1n) is 5.95. The molecule has 2 N–H and O–H groups in total. The summed E-state index contributed by atoms with van der Waals surface area (Å²) in [5.74, 6) is 0.240. The SMILES string of the molecule is CS(=O)(=O)CC1(c2cccc(N)c2)CCCC1. The Hall–Kier alpha value is -1.03. The first-order chi connectivity index (χ1) is 7.91. The predicted octanol–water partition coefficient (Wildman–Crippen LogP) is 2.13. The molecule has 0 radical (unpaired) electrons.